The smallest absolute Gasteiger partial charge is 0.295 e. The van der Waals surface area contributed by atoms with Crippen molar-refractivity contribution in [1.29, 1.82) is 0 Å². The van der Waals surface area contributed by atoms with Crippen LogP contribution in [0.15, 0.2) is 48.0 Å². The number of amides is 1. The van der Waals surface area contributed by atoms with Crippen LogP contribution in [0.5, 0.6) is 11.5 Å². The third-order valence-corrected chi connectivity index (χ3v) is 5.31. The molecule has 2 N–H and O–H groups in total. The summed E-state index contributed by atoms with van der Waals surface area (Å²) in [5.41, 5.74) is 1.99. The topological polar surface area (TPSA) is 87.1 Å². The number of aromatic hydroxyl groups is 1. The second-order valence-corrected chi connectivity index (χ2v) is 8.08. The molecule has 1 unspecified atom stereocenters. The number of aliphatic hydroxyl groups is 1. The van der Waals surface area contributed by atoms with Crippen LogP contribution >= 0.6 is 0 Å². The molecule has 6 nitrogen and oxygen atoms in total. The molecule has 0 radical (unpaired) electrons. The van der Waals surface area contributed by atoms with Crippen molar-refractivity contribution in [2.24, 2.45) is 0 Å². The van der Waals surface area contributed by atoms with Gasteiger partial charge in [0.15, 0.2) is 0 Å². The lowest BCUT2D eigenvalue weighted by molar-refractivity contribution is -0.139. The average Bonchev–Trinajstić information content (AvgIpc) is 2.98. The Morgan fingerprint density at radius 2 is 1.81 bits per heavy atom. The molecule has 31 heavy (non-hydrogen) atoms. The van der Waals surface area contributed by atoms with Gasteiger partial charge in [0, 0.05) is 12.1 Å². The monoisotopic (exact) mass is 423 g/mol. The van der Waals surface area contributed by atoms with E-state index in [1.165, 1.54) is 17.0 Å². The van der Waals surface area contributed by atoms with Gasteiger partial charge in [-0.3, -0.25) is 9.59 Å². The molecule has 164 valence electrons. The first kappa shape index (κ1) is 22.4. The van der Waals surface area contributed by atoms with Crippen LogP contribution in [-0.4, -0.2) is 39.5 Å². The zero-order valence-electron chi connectivity index (χ0n) is 18.4. The number of carbonyl (C=O) groups excluding carboxylic acids is 2. The lowest BCUT2D eigenvalue weighted by Crippen LogP contribution is -2.30. The van der Waals surface area contributed by atoms with Crippen LogP contribution in [0.25, 0.3) is 5.76 Å². The Bertz CT molecular complexity index is 1010. The maximum Gasteiger partial charge on any atom is 0.295 e. The number of ether oxygens (including phenoxy) is 1. The fourth-order valence-corrected chi connectivity index (χ4v) is 3.78. The molecule has 1 aliphatic heterocycles. The van der Waals surface area contributed by atoms with Gasteiger partial charge in [0.1, 0.15) is 17.3 Å². The van der Waals surface area contributed by atoms with Crippen molar-refractivity contribution < 1.29 is 24.5 Å². The van der Waals surface area contributed by atoms with E-state index in [4.69, 9.17) is 4.74 Å². The molecule has 1 aliphatic rings. The first-order valence-corrected chi connectivity index (χ1v) is 10.6. The highest BCUT2D eigenvalue weighted by atomic mass is 16.5. The number of hydrogen-bond acceptors (Lipinski definition) is 5. The van der Waals surface area contributed by atoms with Gasteiger partial charge in [0.2, 0.25) is 0 Å². The second-order valence-electron chi connectivity index (χ2n) is 8.08. The summed E-state index contributed by atoms with van der Waals surface area (Å²) < 4.78 is 5.76. The molecule has 1 fully saturated rings. The van der Waals surface area contributed by atoms with E-state index in [2.05, 4.69) is 0 Å². The first-order valence-electron chi connectivity index (χ1n) is 10.6. The van der Waals surface area contributed by atoms with E-state index in [0.29, 0.717) is 23.4 Å². The molecular formula is C25H29NO5. The molecule has 1 saturated heterocycles. The highest BCUT2D eigenvalue weighted by Crippen LogP contribution is 2.40. The molecule has 1 amide bonds. The quantitative estimate of drug-likeness (QED) is 0.383. The number of rotatable bonds is 7. The largest absolute Gasteiger partial charge is 0.508 e. The van der Waals surface area contributed by atoms with E-state index in [9.17, 15) is 19.8 Å². The van der Waals surface area contributed by atoms with Crippen LogP contribution in [0.1, 0.15) is 56.3 Å². The van der Waals surface area contributed by atoms with Crippen molar-refractivity contribution in [3.8, 4) is 11.5 Å². The lowest BCUT2D eigenvalue weighted by Gasteiger charge is -2.25. The van der Waals surface area contributed by atoms with Gasteiger partial charge in [-0.2, -0.15) is 0 Å². The summed E-state index contributed by atoms with van der Waals surface area (Å²) in [5, 5.41) is 20.8. The van der Waals surface area contributed by atoms with E-state index in [0.717, 1.165) is 18.4 Å². The van der Waals surface area contributed by atoms with Crippen molar-refractivity contribution in [2.45, 2.75) is 52.7 Å². The van der Waals surface area contributed by atoms with Crippen LogP contribution < -0.4 is 4.74 Å². The molecule has 0 aliphatic carbocycles. The van der Waals surface area contributed by atoms with Crippen LogP contribution in [0, 0.1) is 6.92 Å². The van der Waals surface area contributed by atoms with Crippen molar-refractivity contribution in [2.75, 3.05) is 6.54 Å². The predicted molar refractivity (Wildman–Crippen MR) is 119 cm³/mol. The number of likely N-dealkylation sites (tertiary alicyclic amines) is 1. The Balaban J connectivity index is 2.11. The van der Waals surface area contributed by atoms with E-state index in [1.54, 1.807) is 30.3 Å². The van der Waals surface area contributed by atoms with Crippen molar-refractivity contribution in [3.63, 3.8) is 0 Å². The molecule has 1 heterocycles. The molecular weight excluding hydrogens is 394 g/mol. The summed E-state index contributed by atoms with van der Waals surface area (Å²) in [7, 11) is 0. The SMILES string of the molecule is CCCCN1C(=O)C(=O)/C(=C(\O)c2ccc(OC(C)C)c(C)c2)C1c1ccc(O)cc1. The number of phenolic OH excluding ortho intramolecular Hbond substituents is 1. The number of aryl methyl sites for hydroxylation is 1. The number of hydrogen-bond donors (Lipinski definition) is 2. The number of unbranched alkanes of at least 4 members (excludes halogenated alkanes) is 1. The molecule has 0 spiro atoms. The maximum absolute atomic E-state index is 13.0. The standard InChI is InChI=1S/C25H29NO5/c1-5-6-13-26-22(17-7-10-19(27)11-8-17)21(24(29)25(26)30)23(28)18-9-12-20(16(4)14-18)31-15(2)3/h7-12,14-15,22,27-28H,5-6,13H2,1-4H3/b23-21-. The van der Waals surface area contributed by atoms with Gasteiger partial charge in [-0.05, 0) is 68.7 Å². The van der Waals surface area contributed by atoms with Gasteiger partial charge >= 0.3 is 0 Å². The van der Waals surface area contributed by atoms with E-state index >= 15 is 0 Å². The van der Waals surface area contributed by atoms with Crippen LogP contribution in [0.3, 0.4) is 0 Å². The second kappa shape index (κ2) is 9.25. The van der Waals surface area contributed by atoms with Crippen LogP contribution in [0.2, 0.25) is 0 Å². The summed E-state index contributed by atoms with van der Waals surface area (Å²) >= 11 is 0. The number of nitrogens with zero attached hydrogens (tertiary/aromatic N) is 1. The zero-order chi connectivity index (χ0) is 22.7. The summed E-state index contributed by atoms with van der Waals surface area (Å²) in [6, 6.07) is 10.8. The van der Waals surface area contributed by atoms with E-state index < -0.39 is 17.7 Å². The number of aliphatic hydroxyl groups excluding tert-OH is 1. The zero-order valence-corrected chi connectivity index (χ0v) is 18.4. The van der Waals surface area contributed by atoms with E-state index in [-0.39, 0.29) is 23.2 Å². The lowest BCUT2D eigenvalue weighted by atomic mass is 9.94. The molecule has 2 aromatic rings. The molecule has 0 bridgehead atoms. The Labute approximate surface area is 182 Å². The maximum atomic E-state index is 13.0. The molecule has 0 saturated carbocycles. The predicted octanol–water partition coefficient (Wildman–Crippen LogP) is 4.71. The Kier molecular flexibility index (Phi) is 6.68. The highest BCUT2D eigenvalue weighted by molar-refractivity contribution is 6.46. The molecule has 1 atom stereocenters. The van der Waals surface area contributed by atoms with Gasteiger partial charge in [0.05, 0.1) is 17.7 Å². The summed E-state index contributed by atoms with van der Waals surface area (Å²) in [6.07, 6.45) is 1.61. The van der Waals surface area contributed by atoms with Gasteiger partial charge in [-0.15, -0.1) is 0 Å². The molecule has 6 heteroatoms. The van der Waals surface area contributed by atoms with Gasteiger partial charge < -0.3 is 19.8 Å². The van der Waals surface area contributed by atoms with Gasteiger partial charge in [-0.25, -0.2) is 0 Å². The Hall–Kier alpha value is -3.28. The third-order valence-electron chi connectivity index (χ3n) is 5.31. The first-order chi connectivity index (χ1) is 14.7. The number of ketones is 1. The van der Waals surface area contributed by atoms with Crippen molar-refractivity contribution >= 4 is 17.4 Å². The van der Waals surface area contributed by atoms with E-state index in [1.807, 2.05) is 27.7 Å². The molecule has 2 aromatic carbocycles. The van der Waals surface area contributed by atoms with Gasteiger partial charge in [-0.1, -0.05) is 25.5 Å². The molecule has 0 aromatic heterocycles. The van der Waals surface area contributed by atoms with Crippen LogP contribution in [-0.2, 0) is 9.59 Å². The van der Waals surface area contributed by atoms with Gasteiger partial charge in [0.25, 0.3) is 11.7 Å². The average molecular weight is 424 g/mol. The minimum atomic E-state index is -0.709. The minimum Gasteiger partial charge on any atom is -0.508 e. The third kappa shape index (κ3) is 4.58. The van der Waals surface area contributed by atoms with Crippen molar-refractivity contribution in [1.82, 2.24) is 4.90 Å². The number of carbonyl (C=O) groups is 2. The Morgan fingerprint density at radius 3 is 2.39 bits per heavy atom. The molecule has 3 rings (SSSR count). The number of benzene rings is 2. The summed E-state index contributed by atoms with van der Waals surface area (Å²) in [5.74, 6) is -0.748. The van der Waals surface area contributed by atoms with Crippen molar-refractivity contribution in [3.05, 3.63) is 64.7 Å². The number of phenols is 1. The highest BCUT2D eigenvalue weighted by Gasteiger charge is 2.45. The minimum absolute atomic E-state index is 0.0107. The Morgan fingerprint density at radius 1 is 1.13 bits per heavy atom. The number of Topliss-reactive ketones (excluding diaryl/α,β-unsaturated/α-hetero) is 1. The van der Waals surface area contributed by atoms with Crippen LogP contribution in [0.4, 0.5) is 0 Å². The normalized spacial score (nSPS) is 18.1. The summed E-state index contributed by atoms with van der Waals surface area (Å²) in [6.45, 7) is 8.15. The fraction of sp³-hybridized carbons (Fsp3) is 0.360. The summed E-state index contributed by atoms with van der Waals surface area (Å²) in [4.78, 5) is 27.3. The fourth-order valence-electron chi connectivity index (χ4n) is 3.78.